The third-order valence-electron chi connectivity index (χ3n) is 2.99. The average molecular weight is 270 g/mol. The van der Waals surface area contributed by atoms with E-state index in [1.807, 2.05) is 0 Å². The van der Waals surface area contributed by atoms with Gasteiger partial charge in [-0.15, -0.1) is 11.6 Å². The summed E-state index contributed by atoms with van der Waals surface area (Å²) in [4.78, 5) is 15.6. The third kappa shape index (κ3) is 3.13. The molecule has 5 heteroatoms. The van der Waals surface area contributed by atoms with Crippen LogP contribution in [0.3, 0.4) is 0 Å². The Balaban J connectivity index is 2.19. The maximum atomic E-state index is 11.5. The number of pyridine rings is 1. The number of hydrogen-bond acceptors (Lipinski definition) is 4. The Hall–Kier alpha value is -1.29. The first kappa shape index (κ1) is 13.1. The molecule has 1 aromatic rings. The molecule has 1 heterocycles. The molecular weight excluding hydrogens is 254 g/mol. The predicted molar refractivity (Wildman–Crippen MR) is 68.0 cm³/mol. The van der Waals surface area contributed by atoms with E-state index < -0.39 is 5.97 Å². The Kier molecular flexibility index (Phi) is 4.42. The van der Waals surface area contributed by atoms with Gasteiger partial charge in [-0.25, -0.2) is 9.78 Å². The van der Waals surface area contributed by atoms with Gasteiger partial charge in [0.15, 0.2) is 5.69 Å². The van der Waals surface area contributed by atoms with Crippen LogP contribution in [0.1, 0.15) is 41.9 Å². The number of nitrogens with zero attached hydrogens (tertiary/aromatic N) is 1. The fourth-order valence-corrected chi connectivity index (χ4v) is 2.24. The van der Waals surface area contributed by atoms with Gasteiger partial charge in [-0.05, 0) is 25.7 Å². The molecule has 0 saturated heterocycles. The van der Waals surface area contributed by atoms with Crippen molar-refractivity contribution in [1.82, 2.24) is 4.98 Å². The lowest BCUT2D eigenvalue weighted by Gasteiger charge is -2.14. The molecular formula is C13H16ClNO3. The quantitative estimate of drug-likeness (QED) is 0.623. The summed E-state index contributed by atoms with van der Waals surface area (Å²) in [6.07, 6.45) is 4.75. The largest absolute Gasteiger partial charge is 0.490 e. The minimum atomic E-state index is -0.474. The zero-order valence-electron chi connectivity index (χ0n) is 10.3. The van der Waals surface area contributed by atoms with Crippen LogP contribution in [0, 0.1) is 0 Å². The molecule has 1 fully saturated rings. The van der Waals surface area contributed by atoms with Crippen LogP contribution in [-0.4, -0.2) is 24.2 Å². The van der Waals surface area contributed by atoms with E-state index >= 15 is 0 Å². The van der Waals surface area contributed by atoms with Crippen LogP contribution in [0.15, 0.2) is 12.1 Å². The Bertz CT molecular complexity index is 430. The van der Waals surface area contributed by atoms with Gasteiger partial charge in [0, 0.05) is 12.1 Å². The number of esters is 1. The van der Waals surface area contributed by atoms with Gasteiger partial charge in [0.25, 0.3) is 0 Å². The summed E-state index contributed by atoms with van der Waals surface area (Å²) >= 11 is 5.77. The number of alkyl halides is 1. The second-order valence-electron chi connectivity index (χ2n) is 4.33. The molecule has 0 aliphatic heterocycles. The molecule has 0 N–H and O–H groups in total. The number of carbonyl (C=O) groups excluding carboxylic acids is 1. The van der Waals surface area contributed by atoms with Crippen LogP contribution in [-0.2, 0) is 10.6 Å². The van der Waals surface area contributed by atoms with E-state index in [1.54, 1.807) is 12.1 Å². The molecule has 4 nitrogen and oxygen atoms in total. The SMILES string of the molecule is COC(=O)c1cc(OC2CCCC2)cc(CCl)n1. The van der Waals surface area contributed by atoms with Gasteiger partial charge in [0.05, 0.1) is 24.8 Å². The normalized spacial score (nSPS) is 15.7. The summed E-state index contributed by atoms with van der Waals surface area (Å²) in [7, 11) is 1.33. The minimum absolute atomic E-state index is 0.237. The first-order valence-corrected chi connectivity index (χ1v) is 6.58. The summed E-state index contributed by atoms with van der Waals surface area (Å²) in [5.41, 5.74) is 0.858. The van der Waals surface area contributed by atoms with Crippen molar-refractivity contribution in [2.24, 2.45) is 0 Å². The number of aromatic nitrogens is 1. The maximum absolute atomic E-state index is 11.5. The van der Waals surface area contributed by atoms with Crippen LogP contribution in [0.4, 0.5) is 0 Å². The molecule has 0 atom stereocenters. The van der Waals surface area contributed by atoms with Crippen molar-refractivity contribution >= 4 is 17.6 Å². The van der Waals surface area contributed by atoms with Crippen LogP contribution in [0.5, 0.6) is 5.75 Å². The Morgan fingerprint density at radius 3 is 2.78 bits per heavy atom. The van der Waals surface area contributed by atoms with Gasteiger partial charge in [-0.2, -0.15) is 0 Å². The minimum Gasteiger partial charge on any atom is -0.490 e. The predicted octanol–water partition coefficient (Wildman–Crippen LogP) is 2.93. The lowest BCUT2D eigenvalue weighted by Crippen LogP contribution is -2.13. The van der Waals surface area contributed by atoms with Gasteiger partial charge in [-0.3, -0.25) is 0 Å². The van der Waals surface area contributed by atoms with Crippen molar-refractivity contribution < 1.29 is 14.3 Å². The van der Waals surface area contributed by atoms with Gasteiger partial charge < -0.3 is 9.47 Å². The van der Waals surface area contributed by atoms with Crippen LogP contribution < -0.4 is 4.74 Å². The number of carbonyl (C=O) groups is 1. The van der Waals surface area contributed by atoms with E-state index in [0.29, 0.717) is 11.4 Å². The van der Waals surface area contributed by atoms with E-state index in [0.717, 1.165) is 12.8 Å². The lowest BCUT2D eigenvalue weighted by molar-refractivity contribution is 0.0592. The van der Waals surface area contributed by atoms with Crippen LogP contribution in [0.25, 0.3) is 0 Å². The van der Waals surface area contributed by atoms with Crippen LogP contribution in [0.2, 0.25) is 0 Å². The number of methoxy groups -OCH3 is 1. The Morgan fingerprint density at radius 1 is 1.44 bits per heavy atom. The highest BCUT2D eigenvalue weighted by Crippen LogP contribution is 2.25. The molecule has 1 aliphatic rings. The molecule has 0 bridgehead atoms. The van der Waals surface area contributed by atoms with Crippen molar-refractivity contribution in [2.75, 3.05) is 7.11 Å². The zero-order chi connectivity index (χ0) is 13.0. The van der Waals surface area contributed by atoms with Crippen molar-refractivity contribution in [3.05, 3.63) is 23.5 Å². The monoisotopic (exact) mass is 269 g/mol. The maximum Gasteiger partial charge on any atom is 0.356 e. The second-order valence-corrected chi connectivity index (χ2v) is 4.60. The third-order valence-corrected chi connectivity index (χ3v) is 3.26. The van der Waals surface area contributed by atoms with Gasteiger partial charge in [-0.1, -0.05) is 0 Å². The molecule has 2 rings (SSSR count). The van der Waals surface area contributed by atoms with Gasteiger partial charge in [0.1, 0.15) is 5.75 Å². The summed E-state index contributed by atoms with van der Waals surface area (Å²) in [6, 6.07) is 3.39. The average Bonchev–Trinajstić information content (AvgIpc) is 2.90. The van der Waals surface area contributed by atoms with E-state index in [9.17, 15) is 4.79 Å². The van der Waals surface area contributed by atoms with E-state index in [1.165, 1.54) is 20.0 Å². The fourth-order valence-electron chi connectivity index (χ4n) is 2.10. The summed E-state index contributed by atoms with van der Waals surface area (Å²) in [6.45, 7) is 0. The molecule has 0 spiro atoms. The number of halogens is 1. The number of ether oxygens (including phenoxy) is 2. The summed E-state index contributed by atoms with van der Waals surface area (Å²) < 4.78 is 10.5. The van der Waals surface area contributed by atoms with Crippen molar-refractivity contribution in [2.45, 2.75) is 37.7 Å². The molecule has 98 valence electrons. The lowest BCUT2D eigenvalue weighted by atomic mass is 10.2. The van der Waals surface area contributed by atoms with Crippen LogP contribution >= 0.6 is 11.6 Å². The first-order chi connectivity index (χ1) is 8.72. The molecule has 1 aromatic heterocycles. The molecule has 0 aromatic carbocycles. The van der Waals surface area contributed by atoms with Crippen molar-refractivity contribution in [3.63, 3.8) is 0 Å². The van der Waals surface area contributed by atoms with E-state index in [4.69, 9.17) is 16.3 Å². The van der Waals surface area contributed by atoms with Gasteiger partial charge in [0.2, 0.25) is 0 Å². The second kappa shape index (κ2) is 6.05. The number of hydrogen-bond donors (Lipinski definition) is 0. The molecule has 0 amide bonds. The highest BCUT2D eigenvalue weighted by molar-refractivity contribution is 6.16. The topological polar surface area (TPSA) is 48.4 Å². The summed E-state index contributed by atoms with van der Waals surface area (Å²) in [5.74, 6) is 0.414. The van der Waals surface area contributed by atoms with Crippen molar-refractivity contribution in [3.8, 4) is 5.75 Å². The van der Waals surface area contributed by atoms with E-state index in [2.05, 4.69) is 9.72 Å². The Morgan fingerprint density at radius 2 is 2.17 bits per heavy atom. The molecule has 0 unspecified atom stereocenters. The molecule has 0 radical (unpaired) electrons. The first-order valence-electron chi connectivity index (χ1n) is 6.05. The zero-order valence-corrected chi connectivity index (χ0v) is 11.1. The highest BCUT2D eigenvalue weighted by Gasteiger charge is 2.18. The van der Waals surface area contributed by atoms with Gasteiger partial charge >= 0.3 is 5.97 Å². The molecule has 18 heavy (non-hydrogen) atoms. The molecule has 1 saturated carbocycles. The summed E-state index contributed by atoms with van der Waals surface area (Å²) in [5, 5.41) is 0. The Labute approximate surface area is 111 Å². The molecule has 1 aliphatic carbocycles. The standard InChI is InChI=1S/C13H16ClNO3/c1-17-13(16)12-7-11(6-9(8-14)15-12)18-10-4-2-3-5-10/h6-7,10H,2-5,8H2,1H3. The van der Waals surface area contributed by atoms with E-state index in [-0.39, 0.29) is 17.7 Å². The number of rotatable bonds is 4. The van der Waals surface area contributed by atoms with Crippen molar-refractivity contribution in [1.29, 1.82) is 0 Å². The smallest absolute Gasteiger partial charge is 0.356 e. The fraction of sp³-hybridized carbons (Fsp3) is 0.538. The highest BCUT2D eigenvalue weighted by atomic mass is 35.5.